The molecule has 122 valence electrons. The normalized spacial score (nSPS) is 10.7. The van der Waals surface area contributed by atoms with Crippen molar-refractivity contribution in [2.24, 2.45) is 5.10 Å². The molecule has 0 fully saturated rings. The molecule has 5 N–H and O–H groups in total. The molecule has 0 atom stereocenters. The lowest BCUT2D eigenvalue weighted by Crippen LogP contribution is -2.10. The molecule has 2 aromatic rings. The zero-order valence-corrected chi connectivity index (χ0v) is 12.9. The highest BCUT2D eigenvalue weighted by atomic mass is 16.3. The van der Waals surface area contributed by atoms with Gasteiger partial charge in [-0.1, -0.05) is 6.07 Å². The number of hydrazone groups is 1. The van der Waals surface area contributed by atoms with Gasteiger partial charge in [-0.05, 0) is 26.0 Å². The summed E-state index contributed by atoms with van der Waals surface area (Å²) in [5, 5.41) is 29.1. The van der Waals surface area contributed by atoms with E-state index in [2.05, 4.69) is 36.1 Å². The summed E-state index contributed by atoms with van der Waals surface area (Å²) in [5.74, 6) is 0.656. The van der Waals surface area contributed by atoms with Gasteiger partial charge in [0, 0.05) is 18.7 Å². The first-order valence-corrected chi connectivity index (χ1v) is 7.17. The summed E-state index contributed by atoms with van der Waals surface area (Å²) in [6.07, 6.45) is 1.36. The molecular weight excluding hydrogens is 298 g/mol. The summed E-state index contributed by atoms with van der Waals surface area (Å²) in [4.78, 5) is 12.5. The minimum atomic E-state index is -0.240. The molecule has 0 saturated carbocycles. The van der Waals surface area contributed by atoms with E-state index in [1.807, 2.05) is 13.8 Å². The number of anilines is 3. The van der Waals surface area contributed by atoms with Crippen molar-refractivity contribution in [1.29, 1.82) is 0 Å². The van der Waals surface area contributed by atoms with Crippen LogP contribution in [0.1, 0.15) is 19.4 Å². The largest absolute Gasteiger partial charge is 0.504 e. The van der Waals surface area contributed by atoms with Crippen molar-refractivity contribution in [3.8, 4) is 11.5 Å². The topological polar surface area (TPSA) is 128 Å². The Kier molecular flexibility index (Phi) is 5.50. The molecule has 0 bridgehead atoms. The molecule has 23 heavy (non-hydrogen) atoms. The van der Waals surface area contributed by atoms with Gasteiger partial charge in [-0.2, -0.15) is 20.1 Å². The van der Waals surface area contributed by atoms with Crippen molar-refractivity contribution >= 4 is 24.1 Å². The molecule has 1 heterocycles. The Bertz CT molecular complexity index is 667. The first-order valence-electron chi connectivity index (χ1n) is 7.17. The number of aromatic nitrogens is 3. The van der Waals surface area contributed by atoms with E-state index in [4.69, 9.17) is 0 Å². The van der Waals surface area contributed by atoms with E-state index in [9.17, 15) is 10.2 Å². The standard InChI is InChI=1S/C14H19N7O2/c1-3-15-12-18-13(16-4-2)20-14(19-12)21-17-8-9-6-5-7-10(22)11(9)23/h5-8,22-23H,3-4H2,1-2H3,(H3,15,16,18,19,20,21)/b17-8+. The van der Waals surface area contributed by atoms with Crippen LogP contribution in [0.3, 0.4) is 0 Å². The highest BCUT2D eigenvalue weighted by molar-refractivity contribution is 5.85. The second kappa shape index (κ2) is 7.78. The third kappa shape index (κ3) is 4.43. The number of phenolic OH excluding ortho intramolecular Hbond substituents is 2. The number of rotatable bonds is 7. The van der Waals surface area contributed by atoms with Crippen LogP contribution in [0, 0.1) is 0 Å². The van der Waals surface area contributed by atoms with Gasteiger partial charge in [0.1, 0.15) is 0 Å². The Labute approximate surface area is 133 Å². The van der Waals surface area contributed by atoms with Crippen molar-refractivity contribution < 1.29 is 10.2 Å². The number of nitrogens with one attached hydrogen (secondary N) is 3. The number of benzene rings is 1. The maximum atomic E-state index is 9.69. The Balaban J connectivity index is 2.15. The van der Waals surface area contributed by atoms with Gasteiger partial charge in [0.2, 0.25) is 17.8 Å². The Hall–Kier alpha value is -3.10. The molecule has 0 radical (unpaired) electrons. The molecule has 0 unspecified atom stereocenters. The zero-order valence-electron chi connectivity index (χ0n) is 12.9. The van der Waals surface area contributed by atoms with Crippen LogP contribution in [-0.2, 0) is 0 Å². The van der Waals surface area contributed by atoms with Crippen molar-refractivity contribution in [2.75, 3.05) is 29.1 Å². The van der Waals surface area contributed by atoms with E-state index in [-0.39, 0.29) is 17.4 Å². The van der Waals surface area contributed by atoms with E-state index < -0.39 is 0 Å². The summed E-state index contributed by atoms with van der Waals surface area (Å²) in [7, 11) is 0. The Morgan fingerprint density at radius 3 is 2.22 bits per heavy atom. The maximum Gasteiger partial charge on any atom is 0.250 e. The fourth-order valence-electron chi connectivity index (χ4n) is 1.71. The van der Waals surface area contributed by atoms with Crippen LogP contribution in [0.2, 0.25) is 0 Å². The van der Waals surface area contributed by atoms with E-state index >= 15 is 0 Å². The fourth-order valence-corrected chi connectivity index (χ4v) is 1.71. The lowest BCUT2D eigenvalue weighted by Gasteiger charge is -2.07. The van der Waals surface area contributed by atoms with Gasteiger partial charge in [0.15, 0.2) is 11.5 Å². The molecule has 0 saturated heterocycles. The predicted molar refractivity (Wildman–Crippen MR) is 89.1 cm³/mol. The van der Waals surface area contributed by atoms with E-state index in [1.54, 1.807) is 12.1 Å². The predicted octanol–water partition coefficient (Wildman–Crippen LogP) is 1.59. The van der Waals surface area contributed by atoms with E-state index in [0.29, 0.717) is 30.5 Å². The second-order valence-corrected chi connectivity index (χ2v) is 4.45. The lowest BCUT2D eigenvalue weighted by atomic mass is 10.2. The van der Waals surface area contributed by atoms with Crippen molar-refractivity contribution in [1.82, 2.24) is 15.0 Å². The number of para-hydroxylation sites is 1. The Morgan fingerprint density at radius 1 is 1.00 bits per heavy atom. The molecule has 0 aliphatic carbocycles. The van der Waals surface area contributed by atoms with Crippen LogP contribution in [-0.4, -0.2) is 44.5 Å². The fraction of sp³-hybridized carbons (Fsp3) is 0.286. The van der Waals surface area contributed by atoms with Crippen molar-refractivity contribution in [3.05, 3.63) is 23.8 Å². The third-order valence-electron chi connectivity index (χ3n) is 2.72. The van der Waals surface area contributed by atoms with Crippen LogP contribution in [0.25, 0.3) is 0 Å². The van der Waals surface area contributed by atoms with Gasteiger partial charge in [-0.3, -0.25) is 0 Å². The number of aromatic hydroxyl groups is 2. The molecule has 0 amide bonds. The van der Waals surface area contributed by atoms with Crippen LogP contribution >= 0.6 is 0 Å². The van der Waals surface area contributed by atoms with E-state index in [0.717, 1.165) is 0 Å². The molecule has 0 aliphatic rings. The smallest absolute Gasteiger partial charge is 0.250 e. The molecule has 1 aromatic carbocycles. The summed E-state index contributed by atoms with van der Waals surface area (Å²) in [5.41, 5.74) is 3.04. The van der Waals surface area contributed by atoms with Gasteiger partial charge >= 0.3 is 0 Å². The number of hydrogen-bond acceptors (Lipinski definition) is 9. The zero-order chi connectivity index (χ0) is 16.7. The number of nitrogens with zero attached hydrogens (tertiary/aromatic N) is 4. The van der Waals surface area contributed by atoms with Crippen LogP contribution in [0.15, 0.2) is 23.3 Å². The SMILES string of the molecule is CCNc1nc(NCC)nc(N/N=C/c2cccc(O)c2O)n1. The molecule has 0 aliphatic heterocycles. The maximum absolute atomic E-state index is 9.69. The van der Waals surface area contributed by atoms with Crippen molar-refractivity contribution in [2.45, 2.75) is 13.8 Å². The summed E-state index contributed by atoms with van der Waals surface area (Å²) >= 11 is 0. The quantitative estimate of drug-likeness (QED) is 0.296. The highest BCUT2D eigenvalue weighted by Crippen LogP contribution is 2.26. The van der Waals surface area contributed by atoms with Crippen LogP contribution in [0.4, 0.5) is 17.8 Å². The van der Waals surface area contributed by atoms with Gasteiger partial charge in [0.05, 0.1) is 6.21 Å². The minimum Gasteiger partial charge on any atom is -0.504 e. The van der Waals surface area contributed by atoms with Gasteiger partial charge in [0.25, 0.3) is 0 Å². The first-order chi connectivity index (χ1) is 11.1. The molecule has 2 rings (SSSR count). The number of phenols is 2. The summed E-state index contributed by atoms with van der Waals surface area (Å²) < 4.78 is 0. The third-order valence-corrected chi connectivity index (χ3v) is 2.72. The highest BCUT2D eigenvalue weighted by Gasteiger charge is 2.05. The van der Waals surface area contributed by atoms with Crippen LogP contribution < -0.4 is 16.1 Å². The Morgan fingerprint density at radius 2 is 1.61 bits per heavy atom. The average molecular weight is 317 g/mol. The molecule has 9 heteroatoms. The molecule has 1 aromatic heterocycles. The summed E-state index contributed by atoms with van der Waals surface area (Å²) in [6.45, 7) is 5.23. The van der Waals surface area contributed by atoms with Crippen molar-refractivity contribution in [3.63, 3.8) is 0 Å². The lowest BCUT2D eigenvalue weighted by molar-refractivity contribution is 0.403. The van der Waals surface area contributed by atoms with Crippen LogP contribution in [0.5, 0.6) is 11.5 Å². The summed E-state index contributed by atoms with van der Waals surface area (Å²) in [6, 6.07) is 4.60. The van der Waals surface area contributed by atoms with Gasteiger partial charge in [-0.25, -0.2) is 5.43 Å². The molecule has 9 nitrogen and oxygen atoms in total. The molecular formula is C14H19N7O2. The number of hydrogen-bond donors (Lipinski definition) is 5. The minimum absolute atomic E-state index is 0.210. The van der Waals surface area contributed by atoms with E-state index in [1.165, 1.54) is 12.3 Å². The first kappa shape index (κ1) is 16.3. The molecule has 0 spiro atoms. The second-order valence-electron chi connectivity index (χ2n) is 4.45. The average Bonchev–Trinajstić information content (AvgIpc) is 2.52. The van der Waals surface area contributed by atoms with Gasteiger partial charge < -0.3 is 20.8 Å². The monoisotopic (exact) mass is 317 g/mol. The van der Waals surface area contributed by atoms with Gasteiger partial charge in [-0.15, -0.1) is 0 Å².